The number of nitriles is 1. The number of nitrogens with zero attached hydrogens (tertiary/aromatic N) is 2. The van der Waals surface area contributed by atoms with Crippen LogP contribution in [0.2, 0.25) is 0 Å². The van der Waals surface area contributed by atoms with Crippen molar-refractivity contribution >= 4 is 38.9 Å². The molecule has 0 radical (unpaired) electrons. The lowest BCUT2D eigenvalue weighted by molar-refractivity contribution is 0.304. The van der Waals surface area contributed by atoms with Gasteiger partial charge in [-0.25, -0.2) is 4.98 Å². The molecule has 0 aliphatic heterocycles. The molecule has 160 valence electrons. The summed E-state index contributed by atoms with van der Waals surface area (Å²) >= 11 is 4.94. The number of hydrogen-bond donors (Lipinski definition) is 0. The summed E-state index contributed by atoms with van der Waals surface area (Å²) in [6, 6.07) is 18.2. The average molecular weight is 495 g/mol. The smallest absolute Gasteiger partial charge is 0.134 e. The van der Waals surface area contributed by atoms with E-state index in [9.17, 15) is 5.26 Å². The first-order chi connectivity index (χ1) is 15.2. The highest BCUT2D eigenvalue weighted by Crippen LogP contribution is 2.28. The van der Waals surface area contributed by atoms with E-state index in [-0.39, 0.29) is 0 Å². The normalized spacial score (nSPS) is 11.3. The van der Waals surface area contributed by atoms with E-state index < -0.39 is 0 Å². The topological polar surface area (TPSA) is 45.9 Å². The molecule has 0 amide bonds. The quantitative estimate of drug-likeness (QED) is 0.198. The van der Waals surface area contributed by atoms with Crippen molar-refractivity contribution < 1.29 is 4.74 Å². The Labute approximate surface area is 197 Å². The molecule has 0 saturated heterocycles. The molecule has 0 fully saturated rings. The Hall–Kier alpha value is -2.42. The van der Waals surface area contributed by atoms with Crippen molar-refractivity contribution in [1.82, 2.24) is 4.98 Å². The van der Waals surface area contributed by atoms with E-state index in [0.717, 1.165) is 45.1 Å². The van der Waals surface area contributed by atoms with Crippen molar-refractivity contribution in [3.8, 4) is 23.1 Å². The van der Waals surface area contributed by atoms with Crippen molar-refractivity contribution in [2.75, 3.05) is 6.61 Å². The number of benzene rings is 2. The molecule has 0 bridgehead atoms. The Morgan fingerprint density at radius 3 is 2.45 bits per heavy atom. The first-order valence-electron chi connectivity index (χ1n) is 10.8. The fourth-order valence-electron chi connectivity index (χ4n) is 3.19. The van der Waals surface area contributed by atoms with Crippen LogP contribution < -0.4 is 4.74 Å². The summed E-state index contributed by atoms with van der Waals surface area (Å²) < 4.78 is 6.88. The third-order valence-electron chi connectivity index (χ3n) is 4.95. The minimum Gasteiger partial charge on any atom is -0.494 e. The summed E-state index contributed by atoms with van der Waals surface area (Å²) in [5.41, 5.74) is 3.44. The van der Waals surface area contributed by atoms with Crippen LogP contribution in [0.25, 0.3) is 22.9 Å². The van der Waals surface area contributed by atoms with Crippen LogP contribution in [0.5, 0.6) is 5.75 Å². The average Bonchev–Trinajstić information content (AvgIpc) is 3.28. The maximum Gasteiger partial charge on any atom is 0.134 e. The second-order valence-corrected chi connectivity index (χ2v) is 9.17. The van der Waals surface area contributed by atoms with Crippen molar-refractivity contribution in [3.63, 3.8) is 0 Å². The van der Waals surface area contributed by atoms with E-state index >= 15 is 0 Å². The number of thiazole rings is 1. The zero-order valence-corrected chi connectivity index (χ0v) is 20.2. The number of rotatable bonds is 11. The Morgan fingerprint density at radius 1 is 1.03 bits per heavy atom. The third-order valence-corrected chi connectivity index (χ3v) is 6.36. The van der Waals surface area contributed by atoms with Crippen molar-refractivity contribution in [2.45, 2.75) is 45.4 Å². The van der Waals surface area contributed by atoms with Gasteiger partial charge in [0.15, 0.2) is 0 Å². The van der Waals surface area contributed by atoms with Gasteiger partial charge in [-0.05, 0) is 42.3 Å². The number of halogens is 1. The number of allylic oxidation sites excluding steroid dienone is 1. The molecule has 0 aliphatic rings. The molecule has 0 unspecified atom stereocenters. The van der Waals surface area contributed by atoms with Gasteiger partial charge in [-0.2, -0.15) is 5.26 Å². The SMILES string of the molecule is CCCCCCCCOc1ccc(/C=C(\C#N)c2nc(-c3ccc(Br)cc3)cs2)cc1. The Bertz CT molecular complexity index is 1020. The number of aromatic nitrogens is 1. The van der Waals surface area contributed by atoms with E-state index in [2.05, 4.69) is 33.9 Å². The lowest BCUT2D eigenvalue weighted by atomic mass is 10.1. The van der Waals surface area contributed by atoms with Gasteiger partial charge in [0.1, 0.15) is 16.8 Å². The predicted molar refractivity (Wildman–Crippen MR) is 134 cm³/mol. The van der Waals surface area contributed by atoms with Gasteiger partial charge in [-0.15, -0.1) is 11.3 Å². The molecule has 0 spiro atoms. The molecule has 1 aromatic heterocycles. The first-order valence-corrected chi connectivity index (χ1v) is 12.4. The van der Waals surface area contributed by atoms with E-state index in [4.69, 9.17) is 4.74 Å². The highest BCUT2D eigenvalue weighted by atomic mass is 79.9. The number of hydrogen-bond acceptors (Lipinski definition) is 4. The van der Waals surface area contributed by atoms with Crippen LogP contribution in [0.15, 0.2) is 58.4 Å². The van der Waals surface area contributed by atoms with Crippen LogP contribution in [0.3, 0.4) is 0 Å². The lowest BCUT2D eigenvalue weighted by Crippen LogP contribution is -1.97. The van der Waals surface area contributed by atoms with Gasteiger partial charge in [0.05, 0.1) is 17.9 Å². The van der Waals surface area contributed by atoms with Crippen LogP contribution in [-0.4, -0.2) is 11.6 Å². The van der Waals surface area contributed by atoms with E-state index in [1.54, 1.807) is 0 Å². The summed E-state index contributed by atoms with van der Waals surface area (Å²) in [6.45, 7) is 2.99. The highest BCUT2D eigenvalue weighted by Gasteiger charge is 2.09. The molecular formula is C26H27BrN2OS. The molecule has 3 nitrogen and oxygen atoms in total. The van der Waals surface area contributed by atoms with Crippen LogP contribution >= 0.6 is 27.3 Å². The van der Waals surface area contributed by atoms with Crippen LogP contribution in [0, 0.1) is 11.3 Å². The molecule has 5 heteroatoms. The van der Waals surface area contributed by atoms with Gasteiger partial charge in [0.25, 0.3) is 0 Å². The summed E-state index contributed by atoms with van der Waals surface area (Å²) in [7, 11) is 0. The highest BCUT2D eigenvalue weighted by molar-refractivity contribution is 9.10. The minimum absolute atomic E-state index is 0.564. The molecule has 0 N–H and O–H groups in total. The van der Waals surface area contributed by atoms with Gasteiger partial charge in [-0.1, -0.05) is 79.2 Å². The maximum atomic E-state index is 9.65. The van der Waals surface area contributed by atoms with Crippen molar-refractivity contribution in [2.24, 2.45) is 0 Å². The summed E-state index contributed by atoms with van der Waals surface area (Å²) in [6.07, 6.45) is 9.41. The predicted octanol–water partition coefficient (Wildman–Crippen LogP) is 8.38. The molecule has 0 atom stereocenters. The minimum atomic E-state index is 0.564. The standard InChI is InChI=1S/C26H27BrN2OS/c1-2-3-4-5-6-7-16-30-24-14-8-20(9-15-24)17-22(18-28)26-29-25(19-31-26)21-10-12-23(27)13-11-21/h8-15,17,19H,2-7,16H2,1H3/b22-17+. The van der Waals surface area contributed by atoms with Gasteiger partial charge < -0.3 is 4.74 Å². The molecule has 3 rings (SSSR count). The summed E-state index contributed by atoms with van der Waals surface area (Å²) in [5, 5.41) is 12.4. The van der Waals surface area contributed by atoms with Gasteiger partial charge in [0.2, 0.25) is 0 Å². The van der Waals surface area contributed by atoms with E-state index in [0.29, 0.717) is 5.57 Å². The summed E-state index contributed by atoms with van der Waals surface area (Å²) in [5.74, 6) is 0.871. The van der Waals surface area contributed by atoms with Crippen molar-refractivity contribution in [1.29, 1.82) is 5.26 Å². The lowest BCUT2D eigenvalue weighted by Gasteiger charge is -2.06. The third kappa shape index (κ3) is 7.34. The zero-order chi connectivity index (χ0) is 21.9. The van der Waals surface area contributed by atoms with Crippen LogP contribution in [0.1, 0.15) is 56.0 Å². The fraction of sp³-hybridized carbons (Fsp3) is 0.308. The second kappa shape index (κ2) is 12.4. The first kappa shape index (κ1) is 23.2. The second-order valence-electron chi connectivity index (χ2n) is 7.40. The van der Waals surface area contributed by atoms with Gasteiger partial charge in [-0.3, -0.25) is 0 Å². The Kier molecular flexibility index (Phi) is 9.33. The largest absolute Gasteiger partial charge is 0.494 e. The molecule has 2 aromatic carbocycles. The molecule has 31 heavy (non-hydrogen) atoms. The Morgan fingerprint density at radius 2 is 1.74 bits per heavy atom. The van der Waals surface area contributed by atoms with Crippen LogP contribution in [0.4, 0.5) is 0 Å². The van der Waals surface area contributed by atoms with Gasteiger partial charge >= 0.3 is 0 Å². The maximum absolute atomic E-state index is 9.65. The molecule has 1 heterocycles. The number of ether oxygens (including phenoxy) is 1. The summed E-state index contributed by atoms with van der Waals surface area (Å²) in [4.78, 5) is 4.66. The molecular weight excluding hydrogens is 468 g/mol. The van der Waals surface area contributed by atoms with Crippen molar-refractivity contribution in [3.05, 3.63) is 69.0 Å². The van der Waals surface area contributed by atoms with Crippen LogP contribution in [-0.2, 0) is 0 Å². The molecule has 0 saturated carbocycles. The zero-order valence-electron chi connectivity index (χ0n) is 17.8. The Balaban J connectivity index is 1.57. The fourth-order valence-corrected chi connectivity index (χ4v) is 4.25. The monoisotopic (exact) mass is 494 g/mol. The molecule has 0 aliphatic carbocycles. The van der Waals surface area contributed by atoms with Gasteiger partial charge in [0, 0.05) is 15.4 Å². The van der Waals surface area contributed by atoms with E-state index in [1.165, 1.54) is 43.4 Å². The molecule has 3 aromatic rings. The van der Waals surface area contributed by atoms with E-state index in [1.807, 2.05) is 60.0 Å². The number of unbranched alkanes of at least 4 members (excludes halogenated alkanes) is 5.